The summed E-state index contributed by atoms with van der Waals surface area (Å²) in [5, 5.41) is 0. The number of anilines is 1. The van der Waals surface area contributed by atoms with Gasteiger partial charge in [-0.2, -0.15) is 0 Å². The molecular weight excluding hydrogens is 279 g/mol. The van der Waals surface area contributed by atoms with Crippen molar-refractivity contribution in [2.75, 3.05) is 31.2 Å². The summed E-state index contributed by atoms with van der Waals surface area (Å²) in [6.45, 7) is 3.34. The van der Waals surface area contributed by atoms with Crippen molar-refractivity contribution in [1.82, 2.24) is 4.98 Å². The summed E-state index contributed by atoms with van der Waals surface area (Å²) in [6.07, 6.45) is 1.81. The van der Waals surface area contributed by atoms with Gasteiger partial charge in [0.25, 0.3) is 0 Å². The van der Waals surface area contributed by atoms with Gasteiger partial charge in [-0.3, -0.25) is 0 Å². The first-order valence-electron chi connectivity index (χ1n) is 4.84. The van der Waals surface area contributed by atoms with E-state index < -0.39 is 0 Å². The van der Waals surface area contributed by atoms with Crippen LogP contribution in [0.15, 0.2) is 16.7 Å². The molecule has 0 N–H and O–H groups in total. The Morgan fingerprint density at radius 1 is 1.47 bits per heavy atom. The van der Waals surface area contributed by atoms with Gasteiger partial charge in [0.2, 0.25) is 0 Å². The van der Waals surface area contributed by atoms with Gasteiger partial charge < -0.3 is 9.64 Å². The Labute approximate surface area is 103 Å². The second-order valence-electron chi connectivity index (χ2n) is 3.37. The lowest BCUT2D eigenvalue weighted by Crippen LogP contribution is -2.36. The minimum atomic E-state index is 0.500. The van der Waals surface area contributed by atoms with E-state index in [9.17, 15) is 0 Å². The van der Waals surface area contributed by atoms with Crippen LogP contribution in [0.4, 0.5) is 5.82 Å². The first-order valence-corrected chi connectivity index (χ1v) is 6.17. The molecule has 2 rings (SSSR count). The largest absolute Gasteiger partial charge is 0.378 e. The van der Waals surface area contributed by atoms with Crippen LogP contribution in [0.5, 0.6) is 0 Å². The van der Waals surface area contributed by atoms with Crippen LogP contribution in [0.25, 0.3) is 0 Å². The van der Waals surface area contributed by atoms with E-state index in [1.54, 1.807) is 0 Å². The molecule has 0 aliphatic carbocycles. The summed E-state index contributed by atoms with van der Waals surface area (Å²) < 4.78 is 6.26. The van der Waals surface area contributed by atoms with Crippen molar-refractivity contribution < 1.29 is 4.74 Å². The topological polar surface area (TPSA) is 25.4 Å². The maximum atomic E-state index is 5.84. The van der Waals surface area contributed by atoms with E-state index in [1.165, 1.54) is 0 Å². The van der Waals surface area contributed by atoms with E-state index in [0.717, 1.165) is 42.2 Å². The van der Waals surface area contributed by atoms with E-state index in [2.05, 4.69) is 25.8 Å². The number of morpholine rings is 1. The zero-order chi connectivity index (χ0) is 10.7. The van der Waals surface area contributed by atoms with Crippen molar-refractivity contribution in [1.29, 1.82) is 0 Å². The van der Waals surface area contributed by atoms with Crippen LogP contribution in [-0.2, 0) is 10.6 Å². The Kier molecular flexibility index (Phi) is 3.83. The van der Waals surface area contributed by atoms with E-state index in [0.29, 0.717) is 5.88 Å². The first-order chi connectivity index (χ1) is 7.31. The lowest BCUT2D eigenvalue weighted by Gasteiger charge is -2.28. The zero-order valence-electron chi connectivity index (χ0n) is 8.25. The maximum absolute atomic E-state index is 5.84. The van der Waals surface area contributed by atoms with Gasteiger partial charge in [-0.1, -0.05) is 0 Å². The van der Waals surface area contributed by atoms with Crippen LogP contribution in [0.2, 0.25) is 0 Å². The molecule has 0 spiro atoms. The Morgan fingerprint density at radius 2 is 2.20 bits per heavy atom. The fourth-order valence-corrected chi connectivity index (χ4v) is 2.28. The number of rotatable bonds is 2. The van der Waals surface area contributed by atoms with Gasteiger partial charge in [-0.25, -0.2) is 4.98 Å². The average Bonchev–Trinajstić information content (AvgIpc) is 2.31. The average molecular weight is 292 g/mol. The van der Waals surface area contributed by atoms with Crippen LogP contribution in [0.1, 0.15) is 5.56 Å². The molecule has 0 amide bonds. The van der Waals surface area contributed by atoms with Crippen molar-refractivity contribution in [3.63, 3.8) is 0 Å². The maximum Gasteiger partial charge on any atom is 0.129 e. The molecule has 0 saturated carbocycles. The van der Waals surface area contributed by atoms with Crippen LogP contribution >= 0.6 is 27.5 Å². The van der Waals surface area contributed by atoms with E-state index in [-0.39, 0.29) is 0 Å². The van der Waals surface area contributed by atoms with Gasteiger partial charge in [0.15, 0.2) is 0 Å². The van der Waals surface area contributed by atoms with Crippen molar-refractivity contribution in [3.8, 4) is 0 Å². The van der Waals surface area contributed by atoms with Gasteiger partial charge in [0.1, 0.15) is 5.82 Å². The normalized spacial score (nSPS) is 16.8. The van der Waals surface area contributed by atoms with Gasteiger partial charge in [0, 0.05) is 29.6 Å². The minimum Gasteiger partial charge on any atom is -0.378 e. The summed E-state index contributed by atoms with van der Waals surface area (Å²) in [5.74, 6) is 1.48. The Hall–Kier alpha value is -0.320. The molecule has 0 bridgehead atoms. The third-order valence-electron chi connectivity index (χ3n) is 2.40. The van der Waals surface area contributed by atoms with Crippen LogP contribution in [0, 0.1) is 0 Å². The predicted octanol–water partition coefficient (Wildman–Crippen LogP) is 2.42. The molecule has 1 aliphatic heterocycles. The monoisotopic (exact) mass is 290 g/mol. The molecule has 3 nitrogen and oxygen atoms in total. The SMILES string of the molecule is ClCc1cc(N2CCOCC2)ncc1Br. The molecule has 1 saturated heterocycles. The highest BCUT2D eigenvalue weighted by Gasteiger charge is 2.13. The predicted molar refractivity (Wildman–Crippen MR) is 64.5 cm³/mol. The third kappa shape index (κ3) is 2.62. The number of halogens is 2. The highest BCUT2D eigenvalue weighted by atomic mass is 79.9. The minimum absolute atomic E-state index is 0.500. The molecule has 1 fully saturated rings. The zero-order valence-corrected chi connectivity index (χ0v) is 10.6. The van der Waals surface area contributed by atoms with E-state index in [4.69, 9.17) is 16.3 Å². The molecule has 1 aromatic heterocycles. The molecule has 0 atom stereocenters. The Balaban J connectivity index is 2.20. The van der Waals surface area contributed by atoms with Crippen LogP contribution in [0.3, 0.4) is 0 Å². The van der Waals surface area contributed by atoms with Crippen molar-refractivity contribution in [2.24, 2.45) is 0 Å². The van der Waals surface area contributed by atoms with Gasteiger partial charge >= 0.3 is 0 Å². The third-order valence-corrected chi connectivity index (χ3v) is 3.40. The number of pyridine rings is 1. The molecule has 2 heterocycles. The number of hydrogen-bond donors (Lipinski definition) is 0. The number of ether oxygens (including phenoxy) is 1. The second kappa shape index (κ2) is 5.14. The number of nitrogens with zero attached hydrogens (tertiary/aromatic N) is 2. The molecule has 0 radical (unpaired) electrons. The summed E-state index contributed by atoms with van der Waals surface area (Å²) >= 11 is 9.27. The summed E-state index contributed by atoms with van der Waals surface area (Å²) in [6, 6.07) is 2.03. The fraction of sp³-hybridized carbons (Fsp3) is 0.500. The highest BCUT2D eigenvalue weighted by molar-refractivity contribution is 9.10. The van der Waals surface area contributed by atoms with Crippen molar-refractivity contribution in [3.05, 3.63) is 22.3 Å². The lowest BCUT2D eigenvalue weighted by atomic mass is 10.3. The van der Waals surface area contributed by atoms with E-state index in [1.807, 2.05) is 12.3 Å². The molecule has 0 unspecified atom stereocenters. The summed E-state index contributed by atoms with van der Waals surface area (Å²) in [4.78, 5) is 6.59. The molecular formula is C10H12BrClN2O. The molecule has 0 aromatic carbocycles. The lowest BCUT2D eigenvalue weighted by molar-refractivity contribution is 0.122. The second-order valence-corrected chi connectivity index (χ2v) is 4.49. The quantitative estimate of drug-likeness (QED) is 0.783. The molecule has 82 valence electrons. The molecule has 1 aliphatic rings. The molecule has 1 aromatic rings. The number of hydrogen-bond acceptors (Lipinski definition) is 3. The van der Waals surface area contributed by atoms with Gasteiger partial charge in [-0.15, -0.1) is 11.6 Å². The van der Waals surface area contributed by atoms with Crippen molar-refractivity contribution in [2.45, 2.75) is 5.88 Å². The fourth-order valence-electron chi connectivity index (χ4n) is 1.54. The summed E-state index contributed by atoms with van der Waals surface area (Å²) in [7, 11) is 0. The number of aromatic nitrogens is 1. The van der Waals surface area contributed by atoms with Gasteiger partial charge in [0.05, 0.1) is 13.2 Å². The van der Waals surface area contributed by atoms with E-state index >= 15 is 0 Å². The Bertz CT molecular complexity index is 342. The number of alkyl halides is 1. The Morgan fingerprint density at radius 3 is 2.87 bits per heavy atom. The summed E-state index contributed by atoms with van der Waals surface area (Å²) in [5.41, 5.74) is 1.08. The highest BCUT2D eigenvalue weighted by Crippen LogP contribution is 2.22. The van der Waals surface area contributed by atoms with Gasteiger partial charge in [-0.05, 0) is 27.6 Å². The van der Waals surface area contributed by atoms with Crippen molar-refractivity contribution >= 4 is 33.3 Å². The van der Waals surface area contributed by atoms with Crippen LogP contribution in [-0.4, -0.2) is 31.3 Å². The van der Waals surface area contributed by atoms with Crippen LogP contribution < -0.4 is 4.90 Å². The smallest absolute Gasteiger partial charge is 0.129 e. The molecule has 5 heteroatoms. The standard InChI is InChI=1S/C10H12BrClN2O/c11-9-7-13-10(5-8(9)6-12)14-1-3-15-4-2-14/h5,7H,1-4,6H2. The first kappa shape index (κ1) is 11.2. The molecule has 15 heavy (non-hydrogen) atoms.